The maximum Gasteiger partial charge on any atom is 0.226 e. The molecule has 1 aromatic heterocycles. The van der Waals surface area contributed by atoms with Gasteiger partial charge in [-0.2, -0.15) is 4.98 Å². The number of anilines is 2. The lowest BCUT2D eigenvalue weighted by molar-refractivity contribution is -0.119. The molecule has 0 radical (unpaired) electrons. The molecule has 2 aromatic carbocycles. The minimum absolute atomic E-state index is 0.0707. The lowest BCUT2D eigenvalue weighted by Crippen LogP contribution is -2.18. The summed E-state index contributed by atoms with van der Waals surface area (Å²) in [5.74, 6) is 0.662. The maximum absolute atomic E-state index is 12.4. The Kier molecular flexibility index (Phi) is 7.41. The predicted molar refractivity (Wildman–Crippen MR) is 121 cm³/mol. The molecule has 0 saturated heterocycles. The van der Waals surface area contributed by atoms with E-state index in [0.29, 0.717) is 47.4 Å². The molecule has 0 aliphatic rings. The molecule has 31 heavy (non-hydrogen) atoms. The fraction of sp³-hybridized carbons (Fsp3) is 0.304. The van der Waals surface area contributed by atoms with Crippen LogP contribution in [0, 0.1) is 12.8 Å². The zero-order valence-electron chi connectivity index (χ0n) is 17.7. The number of carbonyl (C=O) groups is 2. The lowest BCUT2D eigenvalue weighted by atomic mass is 10.1. The van der Waals surface area contributed by atoms with Crippen molar-refractivity contribution in [3.8, 4) is 11.4 Å². The number of carbonyl (C=O) groups excluding carboxylic acids is 2. The second kappa shape index (κ2) is 10.2. The minimum atomic E-state index is -0.121. The summed E-state index contributed by atoms with van der Waals surface area (Å²) in [7, 11) is 0. The number of hydrogen-bond acceptors (Lipinski definition) is 5. The molecule has 3 rings (SSSR count). The number of benzene rings is 2. The summed E-state index contributed by atoms with van der Waals surface area (Å²) in [5, 5.41) is 10.4. The van der Waals surface area contributed by atoms with E-state index in [9.17, 15) is 9.59 Å². The molecule has 0 aliphatic carbocycles. The van der Waals surface area contributed by atoms with Crippen LogP contribution in [-0.4, -0.2) is 22.0 Å². The molecule has 0 unspecified atom stereocenters. The van der Waals surface area contributed by atoms with Gasteiger partial charge in [0.05, 0.1) is 0 Å². The zero-order valence-corrected chi connectivity index (χ0v) is 18.5. The van der Waals surface area contributed by atoms with E-state index in [1.54, 1.807) is 18.2 Å². The van der Waals surface area contributed by atoms with E-state index >= 15 is 0 Å². The number of aromatic nitrogens is 2. The van der Waals surface area contributed by atoms with Crippen molar-refractivity contribution in [2.45, 2.75) is 40.0 Å². The van der Waals surface area contributed by atoms with E-state index in [4.69, 9.17) is 16.1 Å². The molecule has 2 N–H and O–H groups in total. The van der Waals surface area contributed by atoms with Gasteiger partial charge in [0.25, 0.3) is 0 Å². The summed E-state index contributed by atoms with van der Waals surface area (Å²) < 4.78 is 5.27. The fourth-order valence-electron chi connectivity index (χ4n) is 2.81. The second-order valence-corrected chi connectivity index (χ2v) is 8.03. The van der Waals surface area contributed by atoms with Gasteiger partial charge in [0.15, 0.2) is 0 Å². The van der Waals surface area contributed by atoms with Crippen molar-refractivity contribution >= 4 is 34.8 Å². The quantitative estimate of drug-likeness (QED) is 0.498. The van der Waals surface area contributed by atoms with Gasteiger partial charge in [-0.3, -0.25) is 9.59 Å². The normalized spacial score (nSPS) is 10.9. The Bertz CT molecular complexity index is 1060. The summed E-state index contributed by atoms with van der Waals surface area (Å²) in [6, 6.07) is 12.6. The Hall–Kier alpha value is -3.19. The Morgan fingerprint density at radius 3 is 2.55 bits per heavy atom. The summed E-state index contributed by atoms with van der Waals surface area (Å²) in [6.07, 6.45) is 1.37. The Balaban J connectivity index is 1.51. The number of amides is 2. The van der Waals surface area contributed by atoms with Crippen molar-refractivity contribution in [1.29, 1.82) is 0 Å². The summed E-state index contributed by atoms with van der Waals surface area (Å²) in [5.41, 5.74) is 3.06. The highest BCUT2D eigenvalue weighted by Gasteiger charge is 2.12. The highest BCUT2D eigenvalue weighted by molar-refractivity contribution is 6.30. The third-order valence-electron chi connectivity index (χ3n) is 4.67. The van der Waals surface area contributed by atoms with Crippen LogP contribution in [0.5, 0.6) is 0 Å². The first-order valence-electron chi connectivity index (χ1n) is 10.1. The standard InChI is InChI=1S/C23H25ClN4O3/c1-14(2)23(30)25-18-12-7-15(3)19(13-18)26-20(29)5-4-6-21-27-22(28-31-21)16-8-10-17(24)11-9-16/h7-14H,4-6H2,1-3H3,(H,25,30)(H,26,29). The predicted octanol–water partition coefficient (Wildman–Crippen LogP) is 5.25. The van der Waals surface area contributed by atoms with Gasteiger partial charge in [0.2, 0.25) is 23.5 Å². The van der Waals surface area contributed by atoms with Crippen LogP contribution in [0.15, 0.2) is 47.0 Å². The molecular formula is C23H25ClN4O3. The number of halogens is 1. The third-order valence-corrected chi connectivity index (χ3v) is 4.92. The van der Waals surface area contributed by atoms with Crippen molar-refractivity contribution in [3.05, 3.63) is 58.9 Å². The fourth-order valence-corrected chi connectivity index (χ4v) is 2.93. The van der Waals surface area contributed by atoms with E-state index in [1.807, 2.05) is 45.0 Å². The monoisotopic (exact) mass is 440 g/mol. The second-order valence-electron chi connectivity index (χ2n) is 7.59. The van der Waals surface area contributed by atoms with Crippen LogP contribution in [0.3, 0.4) is 0 Å². The topological polar surface area (TPSA) is 97.1 Å². The first kappa shape index (κ1) is 22.5. The molecule has 0 fully saturated rings. The SMILES string of the molecule is Cc1ccc(NC(=O)C(C)C)cc1NC(=O)CCCc1nc(-c2ccc(Cl)cc2)no1. The van der Waals surface area contributed by atoms with E-state index < -0.39 is 0 Å². The lowest BCUT2D eigenvalue weighted by Gasteiger charge is -2.12. The van der Waals surface area contributed by atoms with Crippen LogP contribution in [0.25, 0.3) is 11.4 Å². The van der Waals surface area contributed by atoms with E-state index in [-0.39, 0.29) is 17.7 Å². The van der Waals surface area contributed by atoms with Crippen LogP contribution < -0.4 is 10.6 Å². The zero-order chi connectivity index (χ0) is 22.4. The molecule has 0 atom stereocenters. The van der Waals surface area contributed by atoms with Gasteiger partial charge in [-0.25, -0.2) is 0 Å². The molecule has 3 aromatic rings. The molecule has 0 bridgehead atoms. The van der Waals surface area contributed by atoms with Gasteiger partial charge in [-0.05, 0) is 55.3 Å². The van der Waals surface area contributed by atoms with E-state index in [1.165, 1.54) is 0 Å². The van der Waals surface area contributed by atoms with Crippen LogP contribution in [-0.2, 0) is 16.0 Å². The number of aryl methyl sites for hydroxylation is 2. The number of rotatable bonds is 8. The molecule has 1 heterocycles. The number of nitrogens with zero attached hydrogens (tertiary/aromatic N) is 2. The average Bonchev–Trinajstić information content (AvgIpc) is 3.20. The smallest absolute Gasteiger partial charge is 0.226 e. The average molecular weight is 441 g/mol. The summed E-state index contributed by atoms with van der Waals surface area (Å²) >= 11 is 5.89. The van der Waals surface area contributed by atoms with Gasteiger partial charge in [-0.15, -0.1) is 0 Å². The first-order valence-corrected chi connectivity index (χ1v) is 10.5. The highest BCUT2D eigenvalue weighted by Crippen LogP contribution is 2.22. The summed E-state index contributed by atoms with van der Waals surface area (Å²) in [6.45, 7) is 5.56. The van der Waals surface area contributed by atoms with Crippen molar-refractivity contribution < 1.29 is 14.1 Å². The van der Waals surface area contributed by atoms with Crippen LogP contribution in [0.2, 0.25) is 5.02 Å². The van der Waals surface area contributed by atoms with Gasteiger partial charge in [0.1, 0.15) is 0 Å². The molecule has 7 nitrogen and oxygen atoms in total. The molecule has 0 aliphatic heterocycles. The van der Waals surface area contributed by atoms with Crippen molar-refractivity contribution in [3.63, 3.8) is 0 Å². The van der Waals surface area contributed by atoms with Crippen molar-refractivity contribution in [1.82, 2.24) is 10.1 Å². The first-order chi connectivity index (χ1) is 14.8. The van der Waals surface area contributed by atoms with E-state index in [0.717, 1.165) is 11.1 Å². The maximum atomic E-state index is 12.4. The van der Waals surface area contributed by atoms with Gasteiger partial charge < -0.3 is 15.2 Å². The molecule has 162 valence electrons. The van der Waals surface area contributed by atoms with Crippen LogP contribution in [0.1, 0.15) is 38.1 Å². The summed E-state index contributed by atoms with van der Waals surface area (Å²) in [4.78, 5) is 28.6. The molecule has 8 heteroatoms. The Labute approximate surface area is 186 Å². The largest absolute Gasteiger partial charge is 0.339 e. The highest BCUT2D eigenvalue weighted by atomic mass is 35.5. The van der Waals surface area contributed by atoms with Gasteiger partial charge in [-0.1, -0.05) is 36.7 Å². The number of nitrogens with one attached hydrogen (secondary N) is 2. The molecule has 0 saturated carbocycles. The number of hydrogen-bond donors (Lipinski definition) is 2. The van der Waals surface area contributed by atoms with Gasteiger partial charge in [0, 0.05) is 40.7 Å². The van der Waals surface area contributed by atoms with E-state index in [2.05, 4.69) is 20.8 Å². The minimum Gasteiger partial charge on any atom is -0.339 e. The van der Waals surface area contributed by atoms with Gasteiger partial charge >= 0.3 is 0 Å². The Morgan fingerprint density at radius 1 is 1.10 bits per heavy atom. The molecule has 0 spiro atoms. The van der Waals surface area contributed by atoms with Crippen LogP contribution in [0.4, 0.5) is 11.4 Å². The third kappa shape index (κ3) is 6.39. The molecular weight excluding hydrogens is 416 g/mol. The van der Waals surface area contributed by atoms with Crippen molar-refractivity contribution in [2.75, 3.05) is 10.6 Å². The van der Waals surface area contributed by atoms with Crippen LogP contribution >= 0.6 is 11.6 Å². The molecule has 2 amide bonds. The van der Waals surface area contributed by atoms with Crippen molar-refractivity contribution in [2.24, 2.45) is 5.92 Å². The Morgan fingerprint density at radius 2 is 1.84 bits per heavy atom.